The lowest BCUT2D eigenvalue weighted by Gasteiger charge is -1.97. The van der Waals surface area contributed by atoms with Crippen molar-refractivity contribution in [3.63, 3.8) is 0 Å². The van der Waals surface area contributed by atoms with E-state index in [1.165, 1.54) is 13.0 Å². The highest BCUT2D eigenvalue weighted by Gasteiger charge is 2.34. The highest BCUT2D eigenvalue weighted by Crippen LogP contribution is 2.43. The molecule has 13 heavy (non-hydrogen) atoms. The molecule has 0 aromatic rings. The van der Waals surface area contributed by atoms with Gasteiger partial charge in [-0.15, -0.1) is 0 Å². The molecule has 2 atom stereocenters. The lowest BCUT2D eigenvalue weighted by Crippen LogP contribution is -1.83. The van der Waals surface area contributed by atoms with Crippen LogP contribution in [0.4, 0.5) is 8.78 Å². The van der Waals surface area contributed by atoms with Crippen LogP contribution >= 0.6 is 0 Å². The molecule has 0 aromatic heterocycles. The average molecular weight is 184 g/mol. The third-order valence-corrected chi connectivity index (χ3v) is 2.38. The van der Waals surface area contributed by atoms with E-state index in [0.717, 1.165) is 12.5 Å². The molecule has 0 heterocycles. The van der Waals surface area contributed by atoms with Gasteiger partial charge in [-0.1, -0.05) is 13.5 Å². The second kappa shape index (κ2) is 3.86. The Kier molecular flexibility index (Phi) is 3.02. The van der Waals surface area contributed by atoms with Crippen molar-refractivity contribution in [1.82, 2.24) is 0 Å². The van der Waals surface area contributed by atoms with Crippen LogP contribution in [0.15, 0.2) is 36.0 Å². The first kappa shape index (κ1) is 10.2. The van der Waals surface area contributed by atoms with Crippen molar-refractivity contribution in [3.8, 4) is 0 Å². The van der Waals surface area contributed by atoms with Gasteiger partial charge in [0.1, 0.15) is 0 Å². The van der Waals surface area contributed by atoms with Crippen LogP contribution in [-0.4, -0.2) is 0 Å². The summed E-state index contributed by atoms with van der Waals surface area (Å²) in [6.45, 7) is 7.25. The van der Waals surface area contributed by atoms with Crippen LogP contribution < -0.4 is 0 Å². The lowest BCUT2D eigenvalue weighted by molar-refractivity contribution is 0.542. The minimum atomic E-state index is -0.813. The molecule has 1 rings (SSSR count). The molecular formula is C11H14F2. The maximum atomic E-state index is 12.9. The van der Waals surface area contributed by atoms with Crippen LogP contribution in [0.25, 0.3) is 0 Å². The summed E-state index contributed by atoms with van der Waals surface area (Å²) >= 11 is 0. The summed E-state index contributed by atoms with van der Waals surface area (Å²) in [5.74, 6) is -0.693. The maximum absolute atomic E-state index is 12.9. The molecule has 0 spiro atoms. The molecule has 0 aliphatic heterocycles. The SMILES string of the molecule is C=C(/C=C(F)\C(F)=C/C)[C@@H]1C[C@H]1C. The Morgan fingerprint density at radius 2 is 1.92 bits per heavy atom. The number of hydrogen-bond acceptors (Lipinski definition) is 0. The van der Waals surface area contributed by atoms with Gasteiger partial charge in [-0.2, -0.15) is 0 Å². The van der Waals surface area contributed by atoms with E-state index in [2.05, 4.69) is 13.5 Å². The summed E-state index contributed by atoms with van der Waals surface area (Å²) in [7, 11) is 0. The predicted molar refractivity (Wildman–Crippen MR) is 50.5 cm³/mol. The zero-order valence-electron chi connectivity index (χ0n) is 7.98. The Morgan fingerprint density at radius 3 is 2.31 bits per heavy atom. The van der Waals surface area contributed by atoms with Gasteiger partial charge >= 0.3 is 0 Å². The van der Waals surface area contributed by atoms with Gasteiger partial charge in [0.15, 0.2) is 11.7 Å². The summed E-state index contributed by atoms with van der Waals surface area (Å²) in [5.41, 5.74) is 0.696. The first-order valence-electron chi connectivity index (χ1n) is 4.44. The molecule has 1 aliphatic carbocycles. The molecule has 1 aliphatic rings. The smallest absolute Gasteiger partial charge is 0.158 e. The number of hydrogen-bond donors (Lipinski definition) is 0. The van der Waals surface area contributed by atoms with E-state index in [4.69, 9.17) is 0 Å². The van der Waals surface area contributed by atoms with Crippen LogP contribution in [-0.2, 0) is 0 Å². The number of rotatable bonds is 3. The number of allylic oxidation sites excluding steroid dienone is 5. The van der Waals surface area contributed by atoms with Crippen molar-refractivity contribution in [3.05, 3.63) is 36.0 Å². The Labute approximate surface area is 77.6 Å². The molecule has 72 valence electrons. The molecule has 0 radical (unpaired) electrons. The van der Waals surface area contributed by atoms with E-state index in [1.807, 2.05) is 0 Å². The Hall–Kier alpha value is -0.920. The predicted octanol–water partition coefficient (Wildman–Crippen LogP) is 3.93. The lowest BCUT2D eigenvalue weighted by atomic mass is 10.1. The van der Waals surface area contributed by atoms with Gasteiger partial charge in [-0.3, -0.25) is 0 Å². The molecule has 0 unspecified atom stereocenters. The Morgan fingerprint density at radius 1 is 1.38 bits per heavy atom. The third kappa shape index (κ3) is 2.51. The van der Waals surface area contributed by atoms with Crippen molar-refractivity contribution >= 4 is 0 Å². The molecule has 1 fully saturated rings. The highest BCUT2D eigenvalue weighted by molar-refractivity contribution is 5.31. The summed E-state index contributed by atoms with van der Waals surface area (Å²) in [6, 6.07) is 0. The normalized spacial score (nSPS) is 28.9. The monoisotopic (exact) mass is 184 g/mol. The van der Waals surface area contributed by atoms with Crippen molar-refractivity contribution in [2.45, 2.75) is 20.3 Å². The molecule has 0 aromatic carbocycles. The molecule has 1 saturated carbocycles. The average Bonchev–Trinajstić information content (AvgIpc) is 2.81. The largest absolute Gasteiger partial charge is 0.204 e. The molecule has 0 bridgehead atoms. The number of halogens is 2. The van der Waals surface area contributed by atoms with E-state index in [-0.39, 0.29) is 0 Å². The maximum Gasteiger partial charge on any atom is 0.158 e. The Balaban J connectivity index is 2.60. The molecule has 0 saturated heterocycles. The van der Waals surface area contributed by atoms with Crippen LogP contribution in [0.2, 0.25) is 0 Å². The van der Waals surface area contributed by atoms with Crippen LogP contribution in [0.5, 0.6) is 0 Å². The van der Waals surface area contributed by atoms with Gasteiger partial charge in [0.25, 0.3) is 0 Å². The van der Waals surface area contributed by atoms with E-state index in [1.54, 1.807) is 0 Å². The van der Waals surface area contributed by atoms with E-state index in [9.17, 15) is 8.78 Å². The summed E-state index contributed by atoms with van der Waals surface area (Å²) in [4.78, 5) is 0. The van der Waals surface area contributed by atoms with Gasteiger partial charge in [0.05, 0.1) is 0 Å². The van der Waals surface area contributed by atoms with Gasteiger partial charge < -0.3 is 0 Å². The quantitative estimate of drug-likeness (QED) is 0.583. The zero-order valence-corrected chi connectivity index (χ0v) is 7.98. The first-order valence-corrected chi connectivity index (χ1v) is 4.44. The van der Waals surface area contributed by atoms with Crippen LogP contribution in [0.1, 0.15) is 20.3 Å². The summed E-state index contributed by atoms with van der Waals surface area (Å²) < 4.78 is 25.6. The first-order chi connectivity index (χ1) is 6.06. The van der Waals surface area contributed by atoms with Crippen LogP contribution in [0, 0.1) is 11.8 Å². The third-order valence-electron chi connectivity index (χ3n) is 2.38. The second-order valence-corrected chi connectivity index (χ2v) is 3.52. The van der Waals surface area contributed by atoms with Crippen LogP contribution in [0.3, 0.4) is 0 Å². The molecule has 0 N–H and O–H groups in total. The molecule has 2 heteroatoms. The van der Waals surface area contributed by atoms with Crippen molar-refractivity contribution in [1.29, 1.82) is 0 Å². The minimum Gasteiger partial charge on any atom is -0.204 e. The topological polar surface area (TPSA) is 0 Å². The van der Waals surface area contributed by atoms with Crippen molar-refractivity contribution < 1.29 is 8.78 Å². The van der Waals surface area contributed by atoms with E-state index >= 15 is 0 Å². The van der Waals surface area contributed by atoms with E-state index in [0.29, 0.717) is 17.4 Å². The second-order valence-electron chi connectivity index (χ2n) is 3.52. The standard InChI is InChI=1S/C11H14F2/c1-4-10(12)11(13)6-8(3)9-5-7(9)2/h4,6-7,9H,3,5H2,1-2H3/b10-4+,11-6+/t7-,9-/m1/s1. The molecular weight excluding hydrogens is 170 g/mol. The fraction of sp³-hybridized carbons (Fsp3) is 0.455. The fourth-order valence-electron chi connectivity index (χ4n) is 1.32. The van der Waals surface area contributed by atoms with E-state index < -0.39 is 11.7 Å². The van der Waals surface area contributed by atoms with Gasteiger partial charge in [0, 0.05) is 0 Å². The molecule has 0 amide bonds. The van der Waals surface area contributed by atoms with Crippen molar-refractivity contribution in [2.75, 3.05) is 0 Å². The highest BCUT2D eigenvalue weighted by atomic mass is 19.2. The molecule has 0 nitrogen and oxygen atoms in total. The van der Waals surface area contributed by atoms with Gasteiger partial charge in [-0.05, 0) is 42.9 Å². The van der Waals surface area contributed by atoms with Crippen molar-refractivity contribution in [2.24, 2.45) is 11.8 Å². The summed E-state index contributed by atoms with van der Waals surface area (Å²) in [6.07, 6.45) is 3.35. The fourth-order valence-corrected chi connectivity index (χ4v) is 1.32. The Bertz CT molecular complexity index is 274. The zero-order chi connectivity index (χ0) is 10.0. The minimum absolute atomic E-state index is 0.357. The summed E-state index contributed by atoms with van der Waals surface area (Å²) in [5, 5.41) is 0. The van der Waals surface area contributed by atoms with Gasteiger partial charge in [-0.25, -0.2) is 8.78 Å². The van der Waals surface area contributed by atoms with Gasteiger partial charge in [0.2, 0.25) is 0 Å².